The van der Waals surface area contributed by atoms with E-state index in [2.05, 4.69) is 174 Å². The van der Waals surface area contributed by atoms with Crippen molar-refractivity contribution >= 4 is 16.8 Å². The second-order valence-electron chi connectivity index (χ2n) is 18.2. The number of aryl methyl sites for hydroxylation is 2. The van der Waals surface area contributed by atoms with E-state index in [-0.39, 0.29) is 0 Å². The second-order valence-corrected chi connectivity index (χ2v) is 18.2. The second kappa shape index (κ2) is 20.6. The average molecular weight is 807 g/mol. The summed E-state index contributed by atoms with van der Waals surface area (Å²) < 4.78 is 0. The van der Waals surface area contributed by atoms with E-state index in [1.165, 1.54) is 107 Å². The number of fused-ring (bicyclic) bond motifs is 2. The molecule has 2 N–H and O–H groups in total. The van der Waals surface area contributed by atoms with E-state index in [0.717, 1.165) is 25.9 Å². The van der Waals surface area contributed by atoms with Gasteiger partial charge in [-0.25, -0.2) is 0 Å². The minimum Gasteiger partial charge on any atom is -0.363 e. The third-order valence-electron chi connectivity index (χ3n) is 13.7. The Morgan fingerprint density at radius 3 is 2.11 bits per heavy atom. The topological polar surface area (TPSA) is 29.3 Å². The van der Waals surface area contributed by atoms with Gasteiger partial charge in [0, 0.05) is 30.7 Å². The van der Waals surface area contributed by atoms with E-state index >= 15 is 0 Å². The van der Waals surface area contributed by atoms with Gasteiger partial charge >= 0.3 is 0 Å². The van der Waals surface area contributed by atoms with Gasteiger partial charge in [0.25, 0.3) is 0 Å². The van der Waals surface area contributed by atoms with Gasteiger partial charge in [-0.05, 0) is 155 Å². The van der Waals surface area contributed by atoms with Gasteiger partial charge < -0.3 is 10.6 Å². The molecule has 0 heterocycles. The number of anilines is 1. The standard InChI is InChI=1S/C59H70N2/c1-7-9-10-11-24-35-59(52-31-16-13-17-32-52)56-34-23-22-33-53(56)55(57(59)40-60)38-51(46-26-14-12-15-27-46)42-61(41-50(43(3)4)36-47-28-19-18-25-45(47)8-2)58-39-49-30-21-20-29-48(49)37-54(58)44(5)6/h7,9-17,22-24,26-27,31-34,36-39,43-44H,1,8,18-21,25,28-30,35,40-42,60H2,2-6H3/b10-9-,24-11-,50-36+,51-38+. The summed E-state index contributed by atoms with van der Waals surface area (Å²) in [6.45, 7) is 17.9. The molecule has 0 saturated carbocycles. The van der Waals surface area contributed by atoms with Crippen LogP contribution < -0.4 is 10.6 Å². The Kier molecular flexibility index (Phi) is 14.8. The number of benzene rings is 4. The van der Waals surface area contributed by atoms with Crippen molar-refractivity contribution in [3.63, 3.8) is 0 Å². The minimum atomic E-state index is -0.403. The third kappa shape index (κ3) is 9.66. The summed E-state index contributed by atoms with van der Waals surface area (Å²) >= 11 is 0. The molecule has 2 heteroatoms. The predicted octanol–water partition coefficient (Wildman–Crippen LogP) is 14.8. The summed E-state index contributed by atoms with van der Waals surface area (Å²) in [5, 5.41) is 0. The molecule has 0 spiro atoms. The van der Waals surface area contributed by atoms with Crippen molar-refractivity contribution in [3.05, 3.63) is 207 Å². The molecule has 0 fully saturated rings. The first kappa shape index (κ1) is 43.9. The summed E-state index contributed by atoms with van der Waals surface area (Å²) in [4.78, 5) is 2.76. The van der Waals surface area contributed by atoms with Gasteiger partial charge in [-0.3, -0.25) is 0 Å². The molecule has 2 nitrogen and oxygen atoms in total. The summed E-state index contributed by atoms with van der Waals surface area (Å²) in [5.41, 5.74) is 26.3. The first-order valence-electron chi connectivity index (χ1n) is 23.4. The molecule has 4 aromatic rings. The van der Waals surface area contributed by atoms with E-state index in [9.17, 15) is 0 Å². The van der Waals surface area contributed by atoms with Crippen LogP contribution >= 0.6 is 0 Å². The maximum atomic E-state index is 7.04. The van der Waals surface area contributed by atoms with E-state index in [4.69, 9.17) is 5.73 Å². The van der Waals surface area contributed by atoms with Crippen LogP contribution in [-0.2, 0) is 18.3 Å². The first-order chi connectivity index (χ1) is 29.8. The van der Waals surface area contributed by atoms with E-state index in [1.54, 1.807) is 22.3 Å². The Morgan fingerprint density at radius 1 is 0.754 bits per heavy atom. The molecule has 7 rings (SSSR count). The summed E-state index contributed by atoms with van der Waals surface area (Å²) in [7, 11) is 0. The lowest BCUT2D eigenvalue weighted by atomic mass is 9.69. The Hall–Kier alpha value is -5.18. The van der Waals surface area contributed by atoms with Crippen molar-refractivity contribution in [2.24, 2.45) is 11.7 Å². The highest BCUT2D eigenvalue weighted by Crippen LogP contribution is 2.53. The van der Waals surface area contributed by atoms with Crippen LogP contribution in [0.1, 0.15) is 131 Å². The number of hydrogen-bond acceptors (Lipinski definition) is 2. The zero-order chi connectivity index (χ0) is 42.8. The lowest BCUT2D eigenvalue weighted by molar-refractivity contribution is 0.614. The van der Waals surface area contributed by atoms with Crippen LogP contribution in [0.2, 0.25) is 0 Å². The highest BCUT2D eigenvalue weighted by Gasteiger charge is 2.44. The predicted molar refractivity (Wildman–Crippen MR) is 265 cm³/mol. The summed E-state index contributed by atoms with van der Waals surface area (Å²) in [6.07, 6.45) is 27.4. The van der Waals surface area contributed by atoms with E-state index in [0.29, 0.717) is 18.4 Å². The molecule has 0 bridgehead atoms. The fraction of sp³-hybridized carbons (Fsp3) is 0.356. The van der Waals surface area contributed by atoms with E-state index < -0.39 is 5.41 Å². The fourth-order valence-electron chi connectivity index (χ4n) is 10.4. The number of hydrogen-bond donors (Lipinski definition) is 1. The van der Waals surface area contributed by atoms with Crippen molar-refractivity contribution in [2.45, 2.75) is 110 Å². The summed E-state index contributed by atoms with van der Waals surface area (Å²) in [5.74, 6) is 0.829. The molecule has 3 aliphatic carbocycles. The maximum absolute atomic E-state index is 7.04. The highest BCUT2D eigenvalue weighted by molar-refractivity contribution is 5.94. The molecule has 4 aromatic carbocycles. The average Bonchev–Trinajstić information content (AvgIpc) is 3.56. The fourth-order valence-corrected chi connectivity index (χ4v) is 10.4. The van der Waals surface area contributed by atoms with Crippen molar-refractivity contribution in [1.82, 2.24) is 0 Å². The van der Waals surface area contributed by atoms with Crippen molar-refractivity contribution in [3.8, 4) is 0 Å². The lowest BCUT2D eigenvalue weighted by Crippen LogP contribution is -2.31. The molecule has 3 aliphatic rings. The zero-order valence-corrected chi connectivity index (χ0v) is 37.9. The van der Waals surface area contributed by atoms with Gasteiger partial charge in [-0.15, -0.1) is 0 Å². The van der Waals surface area contributed by atoms with Crippen LogP contribution in [0.4, 0.5) is 5.69 Å². The molecular weight excluding hydrogens is 737 g/mol. The molecule has 0 radical (unpaired) electrons. The number of allylic oxidation sites excluding steroid dienone is 10. The van der Waals surface area contributed by atoms with Gasteiger partial charge in [0.05, 0.1) is 0 Å². The Balaban J connectivity index is 1.46. The molecule has 0 aromatic heterocycles. The quantitative estimate of drug-likeness (QED) is 0.108. The molecule has 316 valence electrons. The highest BCUT2D eigenvalue weighted by atomic mass is 15.1. The Bertz CT molecular complexity index is 2330. The van der Waals surface area contributed by atoms with Gasteiger partial charge in [-0.1, -0.05) is 174 Å². The molecule has 61 heavy (non-hydrogen) atoms. The molecule has 1 unspecified atom stereocenters. The normalized spacial score (nSPS) is 18.5. The Morgan fingerprint density at radius 2 is 1.43 bits per heavy atom. The van der Waals surface area contributed by atoms with Crippen molar-refractivity contribution < 1.29 is 0 Å². The van der Waals surface area contributed by atoms with E-state index in [1.807, 2.05) is 12.2 Å². The molecule has 0 saturated heterocycles. The van der Waals surface area contributed by atoms with Crippen molar-refractivity contribution in [1.29, 1.82) is 0 Å². The number of nitrogens with zero attached hydrogens (tertiary/aromatic N) is 1. The van der Waals surface area contributed by atoms with Gasteiger partial charge in [0.1, 0.15) is 0 Å². The van der Waals surface area contributed by atoms with Gasteiger partial charge in [0.2, 0.25) is 0 Å². The largest absolute Gasteiger partial charge is 0.363 e. The summed E-state index contributed by atoms with van der Waals surface area (Å²) in [6, 6.07) is 36.5. The van der Waals surface area contributed by atoms with Crippen molar-refractivity contribution in [2.75, 3.05) is 24.5 Å². The number of nitrogens with two attached hydrogens (primary N) is 1. The van der Waals surface area contributed by atoms with Gasteiger partial charge in [-0.2, -0.15) is 0 Å². The lowest BCUT2D eigenvalue weighted by Gasteiger charge is -2.34. The minimum absolute atomic E-state index is 0.403. The smallest absolute Gasteiger partial charge is 0.0473 e. The monoisotopic (exact) mass is 807 g/mol. The molecule has 0 amide bonds. The van der Waals surface area contributed by atoms with Crippen LogP contribution in [0.25, 0.3) is 11.1 Å². The van der Waals surface area contributed by atoms with Crippen LogP contribution in [-0.4, -0.2) is 19.6 Å². The molecule has 0 aliphatic heterocycles. The van der Waals surface area contributed by atoms with Gasteiger partial charge in [0.15, 0.2) is 0 Å². The molecule has 1 atom stereocenters. The maximum Gasteiger partial charge on any atom is 0.0473 e. The SMILES string of the molecule is C=C/C=C\C=C/CC1(c2ccccc2)C(CN)=C(/C=C(\CN(C/C(=C\C2=C(CC)CCCC2)C(C)C)c2cc3c(cc2C(C)C)CCCC3)c2ccccc2)c2ccccc21. The number of rotatable bonds is 17. The zero-order valence-electron chi connectivity index (χ0n) is 37.9. The van der Waals surface area contributed by atoms with Crippen LogP contribution in [0.15, 0.2) is 168 Å². The third-order valence-corrected chi connectivity index (χ3v) is 13.7. The van der Waals surface area contributed by atoms with Crippen LogP contribution in [0.3, 0.4) is 0 Å². The van der Waals surface area contributed by atoms with Crippen LogP contribution in [0.5, 0.6) is 0 Å². The first-order valence-corrected chi connectivity index (χ1v) is 23.4. The Labute approximate surface area is 369 Å². The van der Waals surface area contributed by atoms with Crippen LogP contribution in [0, 0.1) is 5.92 Å². The molecular formula is C59H70N2.